The fourth-order valence-electron chi connectivity index (χ4n) is 11.3. The molecule has 1 aromatic rings. The minimum absolute atomic E-state index is 0.00319. The molecule has 0 amide bonds. The molecular formula is C45H73N3O29. The number of aliphatic hydroxyl groups excluding tert-OH is 17. The fourth-order valence-corrected chi connectivity index (χ4v) is 11.3. The summed E-state index contributed by atoms with van der Waals surface area (Å²) in [7, 11) is 0. The highest BCUT2D eigenvalue weighted by molar-refractivity contribution is 5.16. The minimum atomic E-state index is -2.15. The molecule has 22 saturated heterocycles. The Morgan fingerprint density at radius 3 is 0.922 bits per heavy atom. The highest BCUT2D eigenvalue weighted by atomic mass is 16.8. The number of hydrogen-bond donors (Lipinski definition) is 17. The van der Waals surface area contributed by atoms with E-state index in [2.05, 4.69) is 10.3 Å². The fraction of sp³-hybridized carbons (Fsp3) is 0.956. The second-order valence-corrected chi connectivity index (χ2v) is 20.8. The molecule has 31 atom stereocenters. The van der Waals surface area contributed by atoms with Crippen molar-refractivity contribution in [3.05, 3.63) is 11.4 Å². The topological polar surface area (TPSA) is 485 Å². The van der Waals surface area contributed by atoms with Crippen LogP contribution in [0.1, 0.15) is 49.9 Å². The molecule has 1 aromatic heterocycles. The largest absolute Gasteiger partial charge is 0.394 e. The zero-order valence-electron chi connectivity index (χ0n) is 41.5. The quantitative estimate of drug-likeness (QED) is 0.121. The zero-order valence-corrected chi connectivity index (χ0v) is 41.5. The molecule has 0 radical (unpaired) electrons. The van der Waals surface area contributed by atoms with E-state index in [0.717, 1.165) is 31.4 Å². The van der Waals surface area contributed by atoms with E-state index in [4.69, 9.17) is 56.8 Å². The molecule has 23 heterocycles. The first-order valence-corrected chi connectivity index (χ1v) is 25.8. The van der Waals surface area contributed by atoms with E-state index in [1.54, 1.807) is 0 Å². The number of fused-ring (bicyclic) bond motifs is 1. The lowest BCUT2D eigenvalue weighted by atomic mass is 9.92. The molecule has 31 unspecified atom stereocenters. The van der Waals surface area contributed by atoms with Gasteiger partial charge in [0.25, 0.3) is 0 Å². The second kappa shape index (κ2) is 25.2. The van der Waals surface area contributed by atoms with Crippen molar-refractivity contribution in [3.8, 4) is 0 Å². The summed E-state index contributed by atoms with van der Waals surface area (Å²) in [6.07, 6.45) is -54.0. The predicted octanol–water partition coefficient (Wildman–Crippen LogP) is -10.5. The average molecular weight is 1120 g/mol. The standard InChI is InChI=1S/C45H73N3O29/c1-13-5-3-2-4-6-14-21(13)46-47-48(14)7-15-34-22(54)28(60)40(66-15)73-35-16(8-49)68-42(30(62)24(35)56)75-37-18(10-51)70-44(32(64)26(37)58)77-39-20(12-53)71-45(33(65)27(39)59)76-38-19(11-52)69-43(31(63)25(38)57)74-36-17(9-50)67-41(72-34)29(61)23(36)55/h13,15-20,22-45,49-65H,2-12H2,1H3. The average Bonchev–Trinajstić information content (AvgIpc) is 3.81. The van der Waals surface area contributed by atoms with Gasteiger partial charge < -0.3 is 144 Å². The van der Waals surface area contributed by atoms with E-state index >= 15 is 0 Å². The van der Waals surface area contributed by atoms with Gasteiger partial charge in [-0.25, -0.2) is 4.68 Å². The molecule has 0 spiro atoms. The molecule has 32 heteroatoms. The maximum Gasteiger partial charge on any atom is 0.187 e. The van der Waals surface area contributed by atoms with Crippen molar-refractivity contribution in [3.63, 3.8) is 0 Å². The highest BCUT2D eigenvalue weighted by Crippen LogP contribution is 2.39. The van der Waals surface area contributed by atoms with Gasteiger partial charge in [-0.2, -0.15) is 0 Å². The first kappa shape index (κ1) is 59.6. The first-order chi connectivity index (χ1) is 36.8. The Morgan fingerprint density at radius 1 is 0.364 bits per heavy atom. The van der Waals surface area contributed by atoms with E-state index in [0.29, 0.717) is 12.1 Å². The summed E-state index contributed by atoms with van der Waals surface area (Å²) in [5, 5.41) is 199. The SMILES string of the molecule is CC1CCCCCc2c1nnn2CC1OC2OC3C(CO)OC(OC4C(CO)OC(OC5C(CO)OC(OC6C(CO)OC(OC7C(CO)OC(OC1C(O)C2O)C(O)C7O)C(O)C6O)C(O)C5O)C(O)C4O)C(O)C3O. The van der Waals surface area contributed by atoms with Crippen LogP contribution in [0.15, 0.2) is 0 Å². The molecule has 0 aromatic carbocycles. The Kier molecular flexibility index (Phi) is 19.5. The molecule has 22 aliphatic heterocycles. The lowest BCUT2D eigenvalue weighted by molar-refractivity contribution is -0.403. The molecule has 0 saturated carbocycles. The molecule has 77 heavy (non-hydrogen) atoms. The lowest BCUT2D eigenvalue weighted by Crippen LogP contribution is -2.69. The van der Waals surface area contributed by atoms with Crippen molar-refractivity contribution >= 4 is 0 Å². The monoisotopic (exact) mass is 1120 g/mol. The van der Waals surface area contributed by atoms with Gasteiger partial charge in [0.05, 0.1) is 51.0 Å². The van der Waals surface area contributed by atoms with Crippen LogP contribution in [0.3, 0.4) is 0 Å². The first-order valence-electron chi connectivity index (χ1n) is 25.8. The molecule has 442 valence electrons. The molecule has 1 aliphatic carbocycles. The summed E-state index contributed by atoms with van der Waals surface area (Å²) in [5.41, 5.74) is 1.42. The maximum atomic E-state index is 11.9. The Hall–Kier alpha value is -2.02. The number of ether oxygens (including phenoxy) is 12. The Labute approximate surface area is 438 Å². The van der Waals surface area contributed by atoms with Crippen LogP contribution in [-0.4, -0.2) is 319 Å². The van der Waals surface area contributed by atoms with E-state index < -0.39 is 217 Å². The predicted molar refractivity (Wildman–Crippen MR) is 239 cm³/mol. The normalized spacial score (nSPS) is 51.3. The second-order valence-electron chi connectivity index (χ2n) is 20.8. The van der Waals surface area contributed by atoms with Gasteiger partial charge in [-0.15, -0.1) is 5.10 Å². The van der Waals surface area contributed by atoms with E-state index in [1.165, 1.54) is 4.68 Å². The summed E-state index contributed by atoms with van der Waals surface area (Å²) >= 11 is 0. The third-order valence-corrected chi connectivity index (χ3v) is 15.7. The van der Waals surface area contributed by atoms with E-state index in [9.17, 15) is 86.8 Å². The molecule has 24 rings (SSSR count). The number of hydrogen-bond acceptors (Lipinski definition) is 31. The molecule has 22 fully saturated rings. The Morgan fingerprint density at radius 2 is 0.636 bits per heavy atom. The van der Waals surface area contributed by atoms with Crippen LogP contribution in [0, 0.1) is 0 Å². The van der Waals surface area contributed by atoms with Gasteiger partial charge in [0, 0.05) is 5.92 Å². The number of rotatable bonds is 7. The summed E-state index contributed by atoms with van der Waals surface area (Å²) in [6.45, 7) is -3.25. The molecule has 32 nitrogen and oxygen atoms in total. The van der Waals surface area contributed by atoms with Gasteiger partial charge in [0.2, 0.25) is 0 Å². The van der Waals surface area contributed by atoms with Crippen molar-refractivity contribution < 1.29 is 144 Å². The van der Waals surface area contributed by atoms with Crippen LogP contribution in [0.5, 0.6) is 0 Å². The van der Waals surface area contributed by atoms with E-state index in [1.807, 2.05) is 6.92 Å². The molecule has 12 bridgehead atoms. The number of aromatic nitrogens is 3. The van der Waals surface area contributed by atoms with Crippen molar-refractivity contribution in [1.29, 1.82) is 0 Å². The zero-order chi connectivity index (χ0) is 55.3. The lowest BCUT2D eigenvalue weighted by Gasteiger charge is -2.50. The highest BCUT2D eigenvalue weighted by Gasteiger charge is 2.59. The van der Waals surface area contributed by atoms with Crippen LogP contribution in [-0.2, 0) is 69.8 Å². The van der Waals surface area contributed by atoms with Crippen molar-refractivity contribution in [1.82, 2.24) is 15.0 Å². The summed E-state index contributed by atoms with van der Waals surface area (Å²) in [5.74, 6) is 0.00319. The summed E-state index contributed by atoms with van der Waals surface area (Å²) in [4.78, 5) is 0. The van der Waals surface area contributed by atoms with Crippen molar-refractivity contribution in [2.45, 2.75) is 236 Å². The third kappa shape index (κ3) is 11.7. The van der Waals surface area contributed by atoms with Crippen molar-refractivity contribution in [2.24, 2.45) is 0 Å². The maximum absolute atomic E-state index is 11.9. The van der Waals surface area contributed by atoms with Gasteiger partial charge in [-0.1, -0.05) is 25.0 Å². The van der Waals surface area contributed by atoms with Gasteiger partial charge in [-0.3, -0.25) is 0 Å². The van der Waals surface area contributed by atoms with Gasteiger partial charge in [-0.05, 0) is 19.3 Å². The minimum Gasteiger partial charge on any atom is -0.394 e. The van der Waals surface area contributed by atoms with Crippen LogP contribution < -0.4 is 0 Å². The molecule has 17 N–H and O–H groups in total. The third-order valence-electron chi connectivity index (χ3n) is 15.7. The van der Waals surface area contributed by atoms with Crippen LogP contribution in [0.25, 0.3) is 0 Å². The molecular weight excluding hydrogens is 1050 g/mol. The van der Waals surface area contributed by atoms with Crippen LogP contribution in [0.2, 0.25) is 0 Å². The molecule has 23 aliphatic rings. The van der Waals surface area contributed by atoms with Gasteiger partial charge in [0.1, 0.15) is 146 Å². The number of aliphatic hydroxyl groups is 17. The van der Waals surface area contributed by atoms with Gasteiger partial charge >= 0.3 is 0 Å². The van der Waals surface area contributed by atoms with Crippen LogP contribution in [0.4, 0.5) is 0 Å². The van der Waals surface area contributed by atoms with Gasteiger partial charge in [0.15, 0.2) is 37.7 Å². The van der Waals surface area contributed by atoms with Crippen LogP contribution >= 0.6 is 0 Å². The summed E-state index contributed by atoms with van der Waals surface area (Å²) < 4.78 is 72.0. The van der Waals surface area contributed by atoms with E-state index in [-0.39, 0.29) is 12.5 Å². The summed E-state index contributed by atoms with van der Waals surface area (Å²) in [6, 6.07) is 0. The number of nitrogens with zero attached hydrogens (tertiary/aromatic N) is 3. The Bertz CT molecular complexity index is 2020. The Balaban J connectivity index is 1.05. The van der Waals surface area contributed by atoms with Crippen molar-refractivity contribution in [2.75, 3.05) is 33.0 Å². The smallest absolute Gasteiger partial charge is 0.187 e.